The molecule has 3 atom stereocenters. The van der Waals surface area contributed by atoms with Gasteiger partial charge in [0.25, 0.3) is 0 Å². The Hall–Kier alpha value is -0.250. The minimum absolute atomic E-state index is 0.0874. The van der Waals surface area contributed by atoms with E-state index in [0.717, 1.165) is 37.6 Å². The predicted molar refractivity (Wildman–Crippen MR) is 61.7 cm³/mol. The van der Waals surface area contributed by atoms with Crippen LogP contribution < -0.4 is 5.32 Å². The molecule has 0 radical (unpaired) electrons. The summed E-state index contributed by atoms with van der Waals surface area (Å²) in [6, 6.07) is 0.0874. The van der Waals surface area contributed by atoms with Gasteiger partial charge in [-0.15, -0.1) is 0 Å². The van der Waals surface area contributed by atoms with E-state index in [1.807, 2.05) is 0 Å². The van der Waals surface area contributed by atoms with E-state index in [1.165, 1.54) is 6.42 Å². The summed E-state index contributed by atoms with van der Waals surface area (Å²) in [7, 11) is 0. The second kappa shape index (κ2) is 5.17. The van der Waals surface area contributed by atoms with Gasteiger partial charge in [0.05, 0.1) is 0 Å². The molecule has 1 nitrogen and oxygen atoms in total. The van der Waals surface area contributed by atoms with Crippen LogP contribution >= 0.6 is 0 Å². The molecule has 0 aromatic rings. The van der Waals surface area contributed by atoms with Gasteiger partial charge < -0.3 is 5.32 Å². The molecule has 1 N–H and O–H groups in total. The Balaban J connectivity index is 1.79. The lowest BCUT2D eigenvalue weighted by molar-refractivity contribution is -0.137. The molecule has 0 amide bonds. The van der Waals surface area contributed by atoms with Crippen LogP contribution in [0.25, 0.3) is 0 Å². The van der Waals surface area contributed by atoms with E-state index in [2.05, 4.69) is 12.2 Å². The smallest absolute Gasteiger partial charge is 0.314 e. The average Bonchev–Trinajstić information content (AvgIpc) is 2.85. The Morgan fingerprint density at radius 2 is 1.82 bits per heavy atom. The fourth-order valence-electron chi connectivity index (χ4n) is 3.24. The fourth-order valence-corrected chi connectivity index (χ4v) is 3.24. The van der Waals surface area contributed by atoms with Crippen LogP contribution in [-0.4, -0.2) is 18.8 Å². The summed E-state index contributed by atoms with van der Waals surface area (Å²) in [5, 5.41) is 3.33. The first-order valence-electron chi connectivity index (χ1n) is 6.79. The highest BCUT2D eigenvalue weighted by Crippen LogP contribution is 2.55. The first-order chi connectivity index (χ1) is 7.99. The maximum absolute atomic E-state index is 12.3. The lowest BCUT2D eigenvalue weighted by Gasteiger charge is -2.26. The number of hydrogen-bond donors (Lipinski definition) is 1. The van der Waals surface area contributed by atoms with Crippen molar-refractivity contribution in [1.29, 1.82) is 0 Å². The third-order valence-electron chi connectivity index (χ3n) is 4.24. The van der Waals surface area contributed by atoms with Gasteiger partial charge in [-0.25, -0.2) is 0 Å². The van der Waals surface area contributed by atoms with Gasteiger partial charge in [0, 0.05) is 12.5 Å². The monoisotopic (exact) mass is 249 g/mol. The van der Waals surface area contributed by atoms with Gasteiger partial charge in [-0.3, -0.25) is 0 Å². The van der Waals surface area contributed by atoms with Crippen LogP contribution in [0, 0.1) is 17.8 Å². The molecular weight excluding hydrogens is 227 g/mol. The summed E-state index contributed by atoms with van der Waals surface area (Å²) in [4.78, 5) is 0. The molecule has 3 unspecified atom stereocenters. The summed E-state index contributed by atoms with van der Waals surface area (Å²) in [5.74, 6) is 2.18. The standard InChI is InChI=1S/C13H22F3N/c1-2-5-17-12(3-4-13(14,15)16)11-7-9-6-10(9)8-11/h9-12,17H,2-8H2,1H3. The zero-order valence-electron chi connectivity index (χ0n) is 10.4. The lowest BCUT2D eigenvalue weighted by atomic mass is 9.91. The van der Waals surface area contributed by atoms with E-state index >= 15 is 0 Å². The largest absolute Gasteiger partial charge is 0.389 e. The van der Waals surface area contributed by atoms with Crippen molar-refractivity contribution in [3.8, 4) is 0 Å². The molecule has 0 heterocycles. The van der Waals surface area contributed by atoms with Gasteiger partial charge in [-0.1, -0.05) is 6.92 Å². The molecule has 0 saturated heterocycles. The molecule has 17 heavy (non-hydrogen) atoms. The van der Waals surface area contributed by atoms with Crippen LogP contribution in [0.15, 0.2) is 0 Å². The van der Waals surface area contributed by atoms with E-state index in [9.17, 15) is 13.2 Å². The molecule has 0 aliphatic heterocycles. The summed E-state index contributed by atoms with van der Waals surface area (Å²) in [5.41, 5.74) is 0. The first-order valence-corrected chi connectivity index (χ1v) is 6.79. The lowest BCUT2D eigenvalue weighted by Crippen LogP contribution is -2.37. The molecule has 4 heteroatoms. The highest BCUT2D eigenvalue weighted by atomic mass is 19.4. The van der Waals surface area contributed by atoms with Crippen molar-refractivity contribution in [3.05, 3.63) is 0 Å². The maximum Gasteiger partial charge on any atom is 0.389 e. The van der Waals surface area contributed by atoms with Crippen LogP contribution in [0.4, 0.5) is 13.2 Å². The third kappa shape index (κ3) is 3.87. The molecule has 100 valence electrons. The van der Waals surface area contributed by atoms with Gasteiger partial charge in [-0.2, -0.15) is 13.2 Å². The maximum atomic E-state index is 12.3. The van der Waals surface area contributed by atoms with E-state index in [1.54, 1.807) is 0 Å². The Kier molecular flexibility index (Phi) is 4.01. The first kappa shape index (κ1) is 13.2. The molecule has 2 aliphatic carbocycles. The highest BCUT2D eigenvalue weighted by molar-refractivity contribution is 4.99. The van der Waals surface area contributed by atoms with Crippen molar-refractivity contribution in [2.24, 2.45) is 17.8 Å². The van der Waals surface area contributed by atoms with Crippen molar-refractivity contribution in [1.82, 2.24) is 5.32 Å². The summed E-state index contributed by atoms with van der Waals surface area (Å²) in [6.07, 6.45) is 0.244. The second-order valence-electron chi connectivity index (χ2n) is 5.70. The van der Waals surface area contributed by atoms with E-state index in [4.69, 9.17) is 0 Å². The van der Waals surface area contributed by atoms with Crippen LogP contribution in [-0.2, 0) is 0 Å². The zero-order valence-corrected chi connectivity index (χ0v) is 10.4. The number of nitrogens with one attached hydrogen (secondary N) is 1. The van der Waals surface area contributed by atoms with Crippen LogP contribution in [0.3, 0.4) is 0 Å². The van der Waals surface area contributed by atoms with E-state index < -0.39 is 12.6 Å². The van der Waals surface area contributed by atoms with Crippen molar-refractivity contribution >= 4 is 0 Å². The van der Waals surface area contributed by atoms with Crippen molar-refractivity contribution < 1.29 is 13.2 Å². The SMILES string of the molecule is CCCNC(CCC(F)(F)F)C1CC2CC2C1. The van der Waals surface area contributed by atoms with Crippen LogP contribution in [0.2, 0.25) is 0 Å². The van der Waals surface area contributed by atoms with E-state index in [-0.39, 0.29) is 12.5 Å². The highest BCUT2D eigenvalue weighted by Gasteiger charge is 2.48. The summed E-state index contributed by atoms with van der Waals surface area (Å²) >= 11 is 0. The molecule has 2 aliphatic rings. The Labute approximate surface area is 101 Å². The topological polar surface area (TPSA) is 12.0 Å². The van der Waals surface area contributed by atoms with Crippen LogP contribution in [0.5, 0.6) is 0 Å². The van der Waals surface area contributed by atoms with Crippen molar-refractivity contribution in [2.75, 3.05) is 6.54 Å². The molecule has 2 saturated carbocycles. The number of halogens is 3. The number of alkyl halides is 3. The van der Waals surface area contributed by atoms with Gasteiger partial charge in [-0.05, 0) is 56.4 Å². The molecule has 0 aromatic carbocycles. The number of fused-ring (bicyclic) bond motifs is 1. The third-order valence-corrected chi connectivity index (χ3v) is 4.24. The average molecular weight is 249 g/mol. The van der Waals surface area contributed by atoms with Gasteiger partial charge in [0.1, 0.15) is 0 Å². The normalized spacial score (nSPS) is 33.5. The second-order valence-corrected chi connectivity index (χ2v) is 5.70. The van der Waals surface area contributed by atoms with Gasteiger partial charge >= 0.3 is 6.18 Å². The number of hydrogen-bond acceptors (Lipinski definition) is 1. The number of rotatable bonds is 6. The molecule has 0 bridgehead atoms. The fraction of sp³-hybridized carbons (Fsp3) is 1.00. The van der Waals surface area contributed by atoms with Gasteiger partial charge in [0.2, 0.25) is 0 Å². The molecule has 0 spiro atoms. The van der Waals surface area contributed by atoms with Gasteiger partial charge in [0.15, 0.2) is 0 Å². The molecular formula is C13H22F3N. The molecule has 2 fully saturated rings. The Morgan fingerprint density at radius 3 is 2.35 bits per heavy atom. The quantitative estimate of drug-likeness (QED) is 0.756. The summed E-state index contributed by atoms with van der Waals surface area (Å²) < 4.78 is 36.8. The predicted octanol–water partition coefficient (Wildman–Crippen LogP) is 3.74. The van der Waals surface area contributed by atoms with Crippen molar-refractivity contribution in [3.63, 3.8) is 0 Å². The Bertz CT molecular complexity index is 242. The van der Waals surface area contributed by atoms with Crippen molar-refractivity contribution in [2.45, 2.75) is 57.7 Å². The zero-order chi connectivity index (χ0) is 12.5. The minimum atomic E-state index is -4.01. The Morgan fingerprint density at radius 1 is 1.18 bits per heavy atom. The minimum Gasteiger partial charge on any atom is -0.314 e. The molecule has 2 rings (SSSR count). The van der Waals surface area contributed by atoms with E-state index in [0.29, 0.717) is 5.92 Å². The summed E-state index contributed by atoms with van der Waals surface area (Å²) in [6.45, 7) is 2.90. The van der Waals surface area contributed by atoms with Crippen LogP contribution in [0.1, 0.15) is 45.4 Å². The molecule has 0 aromatic heterocycles.